The number of halogens is 1. The lowest BCUT2D eigenvalue weighted by atomic mass is 10.2. The van der Waals surface area contributed by atoms with Crippen LogP contribution in [0.3, 0.4) is 0 Å². The zero-order chi connectivity index (χ0) is 31.3. The summed E-state index contributed by atoms with van der Waals surface area (Å²) in [6.45, 7) is 2.30. The molecule has 0 fully saturated rings. The Hall–Kier alpha value is -5.22. The molecule has 0 aliphatic rings. The van der Waals surface area contributed by atoms with Gasteiger partial charge in [0.2, 0.25) is 0 Å². The van der Waals surface area contributed by atoms with E-state index in [1.165, 1.54) is 20.4 Å². The van der Waals surface area contributed by atoms with Crippen molar-refractivity contribution in [3.05, 3.63) is 107 Å². The van der Waals surface area contributed by atoms with Gasteiger partial charge in [-0.1, -0.05) is 54.1 Å². The number of amides is 2. The Morgan fingerprint density at radius 2 is 1.57 bits per heavy atom. The van der Waals surface area contributed by atoms with Crippen LogP contribution in [0.5, 0.6) is 28.7 Å². The van der Waals surface area contributed by atoms with Gasteiger partial charge >= 0.3 is 0 Å². The highest BCUT2D eigenvalue weighted by Crippen LogP contribution is 2.36. The maximum absolute atomic E-state index is 12.8. The first-order valence-corrected chi connectivity index (χ1v) is 14.0. The molecule has 0 aliphatic heterocycles. The fourth-order valence-electron chi connectivity index (χ4n) is 4.03. The Kier molecular flexibility index (Phi) is 11.4. The van der Waals surface area contributed by atoms with Crippen LogP contribution in [0.15, 0.2) is 90.0 Å². The largest absolute Gasteiger partial charge is 0.495 e. The van der Waals surface area contributed by atoms with Crippen LogP contribution in [-0.2, 0) is 11.4 Å². The maximum atomic E-state index is 12.8. The number of hydrogen-bond acceptors (Lipinski definition) is 8. The molecule has 0 saturated carbocycles. The highest BCUT2D eigenvalue weighted by molar-refractivity contribution is 6.32. The predicted molar refractivity (Wildman–Crippen MR) is 169 cm³/mol. The highest BCUT2D eigenvalue weighted by atomic mass is 35.5. The molecule has 0 heterocycles. The van der Waals surface area contributed by atoms with Crippen LogP contribution >= 0.6 is 11.6 Å². The van der Waals surface area contributed by atoms with E-state index in [1.807, 2.05) is 37.3 Å². The van der Waals surface area contributed by atoms with Crippen molar-refractivity contribution in [3.8, 4) is 28.7 Å². The standard InChI is InChI=1S/C33H32ClN3O7/c1-4-42-29-18-24(14-15-28(29)43-20-22-10-6-5-7-11-22)33(39)37-35-19-23-16-25(34)32(30(17-23)41-3)44-21-31(38)36-26-12-8-9-13-27(26)40-2/h5-19H,4,20-21H2,1-3H3,(H,36,38)(H,37,39)/b35-19+. The number of carbonyl (C=O) groups excluding carboxylic acids is 2. The number of benzene rings is 4. The van der Waals surface area contributed by atoms with Crippen LogP contribution in [0.1, 0.15) is 28.4 Å². The number of anilines is 1. The van der Waals surface area contributed by atoms with Crippen molar-refractivity contribution in [2.24, 2.45) is 5.10 Å². The summed E-state index contributed by atoms with van der Waals surface area (Å²) in [5, 5.41) is 6.97. The van der Waals surface area contributed by atoms with E-state index < -0.39 is 11.8 Å². The molecule has 0 atom stereocenters. The summed E-state index contributed by atoms with van der Waals surface area (Å²) in [5.41, 5.74) is 4.88. The molecule has 0 spiro atoms. The van der Waals surface area contributed by atoms with E-state index in [0.29, 0.717) is 47.3 Å². The molecule has 11 heteroatoms. The van der Waals surface area contributed by atoms with Crippen LogP contribution in [-0.4, -0.2) is 45.5 Å². The number of hydrazone groups is 1. The third kappa shape index (κ3) is 8.65. The molecule has 0 saturated heterocycles. The smallest absolute Gasteiger partial charge is 0.271 e. The molecule has 4 aromatic carbocycles. The lowest BCUT2D eigenvalue weighted by molar-refractivity contribution is -0.118. The van der Waals surface area contributed by atoms with Gasteiger partial charge in [0.25, 0.3) is 11.8 Å². The number of ether oxygens (including phenoxy) is 5. The molecule has 0 unspecified atom stereocenters. The van der Waals surface area contributed by atoms with E-state index >= 15 is 0 Å². The number of nitrogens with one attached hydrogen (secondary N) is 2. The fourth-order valence-corrected chi connectivity index (χ4v) is 4.30. The average Bonchev–Trinajstić information content (AvgIpc) is 3.04. The molecule has 0 bridgehead atoms. The van der Waals surface area contributed by atoms with Gasteiger partial charge < -0.3 is 29.0 Å². The first kappa shape index (κ1) is 31.7. The topological polar surface area (TPSA) is 117 Å². The van der Waals surface area contributed by atoms with Gasteiger partial charge in [-0.3, -0.25) is 9.59 Å². The third-order valence-electron chi connectivity index (χ3n) is 6.10. The lowest BCUT2D eigenvalue weighted by Crippen LogP contribution is -2.20. The quantitative estimate of drug-likeness (QED) is 0.129. The molecule has 228 valence electrons. The minimum absolute atomic E-state index is 0.184. The van der Waals surface area contributed by atoms with Crippen molar-refractivity contribution in [2.75, 3.05) is 32.8 Å². The minimum Gasteiger partial charge on any atom is -0.495 e. The van der Waals surface area contributed by atoms with E-state index in [2.05, 4.69) is 15.8 Å². The van der Waals surface area contributed by atoms with E-state index in [9.17, 15) is 9.59 Å². The molecular weight excluding hydrogens is 586 g/mol. The second-order valence-electron chi connectivity index (χ2n) is 9.14. The normalized spacial score (nSPS) is 10.6. The van der Waals surface area contributed by atoms with Gasteiger partial charge in [0, 0.05) is 5.56 Å². The van der Waals surface area contributed by atoms with Gasteiger partial charge in [0.1, 0.15) is 12.4 Å². The third-order valence-corrected chi connectivity index (χ3v) is 6.38. The Bertz CT molecular complexity index is 1610. The Labute approximate surface area is 260 Å². The molecule has 4 rings (SSSR count). The monoisotopic (exact) mass is 617 g/mol. The van der Waals surface area contributed by atoms with Gasteiger partial charge in [0.05, 0.1) is 37.8 Å². The van der Waals surface area contributed by atoms with Crippen LogP contribution in [0, 0.1) is 0 Å². The first-order valence-electron chi connectivity index (χ1n) is 13.6. The van der Waals surface area contributed by atoms with Crippen LogP contribution in [0.4, 0.5) is 5.69 Å². The summed E-state index contributed by atoms with van der Waals surface area (Å²) in [6, 6.07) is 24.9. The summed E-state index contributed by atoms with van der Waals surface area (Å²) in [4.78, 5) is 25.3. The van der Waals surface area contributed by atoms with Crippen LogP contribution in [0.25, 0.3) is 0 Å². The first-order chi connectivity index (χ1) is 21.4. The van der Waals surface area contributed by atoms with Crippen molar-refractivity contribution >= 4 is 35.3 Å². The predicted octanol–water partition coefficient (Wildman–Crippen LogP) is 6.12. The average molecular weight is 618 g/mol. The zero-order valence-electron chi connectivity index (χ0n) is 24.5. The number of rotatable bonds is 14. The molecule has 4 aromatic rings. The molecule has 10 nitrogen and oxygen atoms in total. The van der Waals surface area contributed by atoms with Crippen molar-refractivity contribution in [1.82, 2.24) is 5.43 Å². The second-order valence-corrected chi connectivity index (χ2v) is 9.55. The van der Waals surface area contributed by atoms with Crippen molar-refractivity contribution < 1.29 is 33.3 Å². The Morgan fingerprint density at radius 3 is 2.32 bits per heavy atom. The molecule has 2 N–H and O–H groups in total. The van der Waals surface area contributed by atoms with E-state index in [0.717, 1.165) is 5.56 Å². The Balaban J connectivity index is 1.37. The minimum atomic E-state index is -0.448. The number of hydrogen-bond donors (Lipinski definition) is 2. The van der Waals surface area contributed by atoms with Gasteiger partial charge in [-0.2, -0.15) is 5.10 Å². The summed E-state index contributed by atoms with van der Waals surface area (Å²) < 4.78 is 27.9. The molecule has 2 amide bonds. The van der Waals surface area contributed by atoms with E-state index in [1.54, 1.807) is 54.6 Å². The SMILES string of the molecule is CCOc1cc(C(=O)N/N=C/c2cc(Cl)c(OCC(=O)Nc3ccccc3OC)c(OC)c2)ccc1OCc1ccccc1. The van der Waals surface area contributed by atoms with Crippen molar-refractivity contribution in [3.63, 3.8) is 0 Å². The van der Waals surface area contributed by atoms with Gasteiger partial charge in [-0.05, 0) is 60.5 Å². The molecule has 0 aliphatic carbocycles. The second kappa shape index (κ2) is 15.9. The summed E-state index contributed by atoms with van der Waals surface area (Å²) in [7, 11) is 2.96. The summed E-state index contributed by atoms with van der Waals surface area (Å²) >= 11 is 6.44. The molecule has 0 aromatic heterocycles. The van der Waals surface area contributed by atoms with Crippen molar-refractivity contribution in [1.29, 1.82) is 0 Å². The summed E-state index contributed by atoms with van der Waals surface area (Å²) in [5.74, 6) is 1.10. The maximum Gasteiger partial charge on any atom is 0.271 e. The van der Waals surface area contributed by atoms with Crippen LogP contribution < -0.4 is 34.4 Å². The number of carbonyl (C=O) groups is 2. The van der Waals surface area contributed by atoms with Crippen LogP contribution in [0.2, 0.25) is 5.02 Å². The van der Waals surface area contributed by atoms with Gasteiger partial charge in [0.15, 0.2) is 29.6 Å². The fraction of sp³-hybridized carbons (Fsp3) is 0.182. The van der Waals surface area contributed by atoms with E-state index in [-0.39, 0.29) is 23.1 Å². The van der Waals surface area contributed by atoms with E-state index in [4.69, 9.17) is 35.3 Å². The zero-order valence-corrected chi connectivity index (χ0v) is 25.2. The lowest BCUT2D eigenvalue weighted by Gasteiger charge is -2.14. The van der Waals surface area contributed by atoms with Crippen molar-refractivity contribution in [2.45, 2.75) is 13.5 Å². The number of para-hydroxylation sites is 2. The van der Waals surface area contributed by atoms with Gasteiger partial charge in [-0.15, -0.1) is 0 Å². The molecular formula is C33H32ClN3O7. The highest BCUT2D eigenvalue weighted by Gasteiger charge is 2.15. The molecule has 44 heavy (non-hydrogen) atoms. The number of methoxy groups -OCH3 is 2. The Morgan fingerprint density at radius 1 is 0.818 bits per heavy atom. The molecule has 0 radical (unpaired) electrons. The summed E-state index contributed by atoms with van der Waals surface area (Å²) in [6.07, 6.45) is 1.41. The number of nitrogens with zero attached hydrogens (tertiary/aromatic N) is 1. The van der Waals surface area contributed by atoms with Gasteiger partial charge in [-0.25, -0.2) is 5.43 Å².